The molecule has 0 radical (unpaired) electrons. The topological polar surface area (TPSA) is 55.1 Å². The quantitative estimate of drug-likeness (QED) is 0.876. The molecule has 102 valence electrons. The molecule has 2 aromatic carbocycles. The third-order valence-electron chi connectivity index (χ3n) is 3.87. The van der Waals surface area contributed by atoms with Crippen LogP contribution in [0.25, 0.3) is 0 Å². The molecule has 1 amide bonds. The van der Waals surface area contributed by atoms with E-state index in [1.165, 1.54) is 5.56 Å². The van der Waals surface area contributed by atoms with Crippen molar-refractivity contribution in [1.82, 2.24) is 5.32 Å². The van der Waals surface area contributed by atoms with Gasteiger partial charge in [0, 0.05) is 11.6 Å². The Morgan fingerprint density at radius 3 is 2.60 bits per heavy atom. The first-order chi connectivity index (χ1) is 9.65. The Bertz CT molecular complexity index is 634. The SMILES string of the molecule is Cc1ccc(C(=O)NC2c3ccccc3CC2N)cc1. The number of hydrogen-bond donors (Lipinski definition) is 2. The minimum absolute atomic E-state index is 0.0539. The van der Waals surface area contributed by atoms with Crippen LogP contribution in [0.4, 0.5) is 0 Å². The number of nitrogens with one attached hydrogen (secondary N) is 1. The van der Waals surface area contributed by atoms with Crippen LogP contribution >= 0.6 is 0 Å². The van der Waals surface area contributed by atoms with Gasteiger partial charge >= 0.3 is 0 Å². The van der Waals surface area contributed by atoms with E-state index < -0.39 is 0 Å². The molecule has 0 saturated carbocycles. The summed E-state index contributed by atoms with van der Waals surface area (Å²) in [6, 6.07) is 15.5. The molecule has 3 heteroatoms. The van der Waals surface area contributed by atoms with E-state index in [1.54, 1.807) is 0 Å². The molecular formula is C17H18N2O. The second-order valence-corrected chi connectivity index (χ2v) is 5.38. The summed E-state index contributed by atoms with van der Waals surface area (Å²) in [6.45, 7) is 2.00. The van der Waals surface area contributed by atoms with Gasteiger partial charge in [-0.3, -0.25) is 4.79 Å². The molecule has 2 atom stereocenters. The van der Waals surface area contributed by atoms with E-state index in [1.807, 2.05) is 49.4 Å². The molecule has 0 heterocycles. The van der Waals surface area contributed by atoms with Gasteiger partial charge in [-0.1, -0.05) is 42.0 Å². The summed E-state index contributed by atoms with van der Waals surface area (Å²) in [7, 11) is 0. The Balaban J connectivity index is 1.81. The number of amides is 1. The van der Waals surface area contributed by atoms with E-state index in [0.29, 0.717) is 5.56 Å². The second kappa shape index (κ2) is 5.10. The fourth-order valence-electron chi connectivity index (χ4n) is 2.74. The number of hydrogen-bond acceptors (Lipinski definition) is 2. The van der Waals surface area contributed by atoms with Gasteiger partial charge < -0.3 is 11.1 Å². The Morgan fingerprint density at radius 2 is 1.85 bits per heavy atom. The average Bonchev–Trinajstić information content (AvgIpc) is 2.76. The van der Waals surface area contributed by atoms with Crippen molar-refractivity contribution in [3.63, 3.8) is 0 Å². The van der Waals surface area contributed by atoms with Crippen molar-refractivity contribution in [2.45, 2.75) is 25.4 Å². The van der Waals surface area contributed by atoms with Gasteiger partial charge in [0.25, 0.3) is 5.91 Å². The van der Waals surface area contributed by atoms with Crippen LogP contribution in [0.3, 0.4) is 0 Å². The number of benzene rings is 2. The summed E-state index contributed by atoms with van der Waals surface area (Å²) in [5.74, 6) is -0.0675. The number of nitrogens with two attached hydrogens (primary N) is 1. The van der Waals surface area contributed by atoms with Crippen molar-refractivity contribution in [3.05, 3.63) is 70.8 Å². The normalized spacial score (nSPS) is 20.5. The first-order valence-corrected chi connectivity index (χ1v) is 6.86. The third kappa shape index (κ3) is 2.32. The first kappa shape index (κ1) is 12.9. The fourth-order valence-corrected chi connectivity index (χ4v) is 2.74. The van der Waals surface area contributed by atoms with Gasteiger partial charge in [0.05, 0.1) is 6.04 Å². The summed E-state index contributed by atoms with van der Waals surface area (Å²) in [5, 5.41) is 3.06. The van der Waals surface area contributed by atoms with E-state index in [4.69, 9.17) is 5.73 Å². The molecule has 0 saturated heterocycles. The van der Waals surface area contributed by atoms with E-state index in [0.717, 1.165) is 17.5 Å². The molecule has 0 spiro atoms. The lowest BCUT2D eigenvalue weighted by Crippen LogP contribution is -2.38. The van der Waals surface area contributed by atoms with Crippen LogP contribution in [0.15, 0.2) is 48.5 Å². The lowest BCUT2D eigenvalue weighted by atomic mass is 10.1. The Morgan fingerprint density at radius 1 is 1.15 bits per heavy atom. The van der Waals surface area contributed by atoms with Gasteiger partial charge in [-0.2, -0.15) is 0 Å². The zero-order chi connectivity index (χ0) is 14.1. The molecule has 2 unspecified atom stereocenters. The Kier molecular flexibility index (Phi) is 3.28. The first-order valence-electron chi connectivity index (χ1n) is 6.86. The summed E-state index contributed by atoms with van der Waals surface area (Å²) in [4.78, 5) is 12.3. The average molecular weight is 266 g/mol. The van der Waals surface area contributed by atoms with Crippen LogP contribution in [0.5, 0.6) is 0 Å². The number of rotatable bonds is 2. The van der Waals surface area contributed by atoms with Gasteiger partial charge in [-0.05, 0) is 36.6 Å². The van der Waals surface area contributed by atoms with Crippen molar-refractivity contribution in [2.75, 3.05) is 0 Å². The number of carbonyl (C=O) groups excluding carboxylic acids is 1. The molecule has 1 aliphatic carbocycles. The van der Waals surface area contributed by atoms with E-state index >= 15 is 0 Å². The molecule has 20 heavy (non-hydrogen) atoms. The lowest BCUT2D eigenvalue weighted by Gasteiger charge is -2.18. The van der Waals surface area contributed by atoms with Crippen LogP contribution < -0.4 is 11.1 Å². The van der Waals surface area contributed by atoms with Crippen LogP contribution in [0.1, 0.15) is 33.1 Å². The summed E-state index contributed by atoms with van der Waals surface area (Å²) < 4.78 is 0. The number of fused-ring (bicyclic) bond motifs is 1. The van der Waals surface area contributed by atoms with Crippen molar-refractivity contribution in [3.8, 4) is 0 Å². The highest BCUT2D eigenvalue weighted by Crippen LogP contribution is 2.30. The molecule has 3 nitrogen and oxygen atoms in total. The van der Waals surface area contributed by atoms with E-state index in [2.05, 4.69) is 11.4 Å². The van der Waals surface area contributed by atoms with Gasteiger partial charge in [0.2, 0.25) is 0 Å². The summed E-state index contributed by atoms with van der Waals surface area (Å²) >= 11 is 0. The minimum Gasteiger partial charge on any atom is -0.344 e. The van der Waals surface area contributed by atoms with Crippen LogP contribution in [-0.4, -0.2) is 11.9 Å². The second-order valence-electron chi connectivity index (χ2n) is 5.38. The smallest absolute Gasteiger partial charge is 0.251 e. The predicted octanol–water partition coefficient (Wildman–Crippen LogP) is 2.35. The Labute approximate surface area is 118 Å². The number of aryl methyl sites for hydroxylation is 1. The molecule has 3 rings (SSSR count). The number of carbonyl (C=O) groups is 1. The summed E-state index contributed by atoms with van der Waals surface area (Å²) in [6.07, 6.45) is 0.815. The zero-order valence-electron chi connectivity index (χ0n) is 11.5. The highest BCUT2D eigenvalue weighted by molar-refractivity contribution is 5.94. The molecule has 0 aliphatic heterocycles. The monoisotopic (exact) mass is 266 g/mol. The molecule has 0 aromatic heterocycles. The maximum absolute atomic E-state index is 12.3. The van der Waals surface area contributed by atoms with Crippen LogP contribution in [0.2, 0.25) is 0 Å². The summed E-state index contributed by atoms with van der Waals surface area (Å²) in [5.41, 5.74) is 10.4. The maximum Gasteiger partial charge on any atom is 0.251 e. The largest absolute Gasteiger partial charge is 0.344 e. The van der Waals surface area contributed by atoms with Gasteiger partial charge in [0.1, 0.15) is 0 Å². The van der Waals surface area contributed by atoms with Gasteiger partial charge in [-0.15, -0.1) is 0 Å². The highest BCUT2D eigenvalue weighted by atomic mass is 16.1. The van der Waals surface area contributed by atoms with Crippen LogP contribution in [-0.2, 0) is 6.42 Å². The van der Waals surface area contributed by atoms with Crippen molar-refractivity contribution < 1.29 is 4.79 Å². The zero-order valence-corrected chi connectivity index (χ0v) is 11.5. The van der Waals surface area contributed by atoms with Crippen molar-refractivity contribution in [1.29, 1.82) is 0 Å². The molecule has 3 N–H and O–H groups in total. The van der Waals surface area contributed by atoms with Crippen molar-refractivity contribution in [2.24, 2.45) is 5.73 Å². The fraction of sp³-hybridized carbons (Fsp3) is 0.235. The standard InChI is InChI=1S/C17H18N2O/c1-11-6-8-12(9-7-11)17(20)19-16-14-5-3-2-4-13(14)10-15(16)18/h2-9,15-16H,10,18H2,1H3,(H,19,20). The highest BCUT2D eigenvalue weighted by Gasteiger charge is 2.30. The van der Waals surface area contributed by atoms with Gasteiger partial charge in [0.15, 0.2) is 0 Å². The molecule has 2 aromatic rings. The lowest BCUT2D eigenvalue weighted by molar-refractivity contribution is 0.0933. The van der Waals surface area contributed by atoms with E-state index in [-0.39, 0.29) is 18.0 Å². The molecular weight excluding hydrogens is 248 g/mol. The van der Waals surface area contributed by atoms with Crippen LogP contribution in [0, 0.1) is 6.92 Å². The third-order valence-corrected chi connectivity index (χ3v) is 3.87. The molecule has 0 fully saturated rings. The molecule has 0 bridgehead atoms. The maximum atomic E-state index is 12.3. The Hall–Kier alpha value is -2.13. The van der Waals surface area contributed by atoms with E-state index in [9.17, 15) is 4.79 Å². The minimum atomic E-state index is -0.0972. The molecule has 1 aliphatic rings. The van der Waals surface area contributed by atoms with Crippen molar-refractivity contribution >= 4 is 5.91 Å². The predicted molar refractivity (Wildman–Crippen MR) is 79.5 cm³/mol. The van der Waals surface area contributed by atoms with Gasteiger partial charge in [-0.25, -0.2) is 0 Å².